The van der Waals surface area contributed by atoms with Gasteiger partial charge >= 0.3 is 5.91 Å². The number of hydrogen-bond acceptors (Lipinski definition) is 9. The van der Waals surface area contributed by atoms with Crippen LogP contribution in [0.2, 0.25) is 0 Å². The molecule has 2 aromatic heterocycles. The number of aliphatic hydroxyl groups is 1. The monoisotopic (exact) mass is 624 g/mol. The van der Waals surface area contributed by atoms with Crippen LogP contribution in [0.15, 0.2) is 107 Å². The predicted octanol–water partition coefficient (Wildman–Crippen LogP) is 6.88. The summed E-state index contributed by atoms with van der Waals surface area (Å²) in [6.45, 7) is 2.40. The minimum Gasteiger partial charge on any atom is -0.507 e. The Morgan fingerprint density at radius 2 is 1.70 bits per heavy atom. The standard InChI is InChI=1S/C33H25FN4O4S2/c1-20-4-2-3-5-24(20)18-42-26-12-8-23(9-13-26)29(39)27-28(22-14-16-35-17-15-22)38(31(41)30(27)40)32-36-37-33(44-32)43-19-21-6-10-25(34)11-7-21/h2-17,28,39H,18-19H2,1H3. The average molecular weight is 625 g/mol. The summed E-state index contributed by atoms with van der Waals surface area (Å²) >= 11 is 2.54. The predicted molar refractivity (Wildman–Crippen MR) is 167 cm³/mol. The summed E-state index contributed by atoms with van der Waals surface area (Å²) < 4.78 is 19.8. The molecule has 0 radical (unpaired) electrons. The van der Waals surface area contributed by atoms with Gasteiger partial charge < -0.3 is 9.84 Å². The number of benzene rings is 3. The number of pyridine rings is 1. The molecule has 1 fully saturated rings. The van der Waals surface area contributed by atoms with Crippen LogP contribution in [0.25, 0.3) is 5.76 Å². The van der Waals surface area contributed by atoms with Crippen molar-refractivity contribution in [2.24, 2.45) is 0 Å². The number of ether oxygens (including phenoxy) is 1. The number of amides is 1. The zero-order valence-electron chi connectivity index (χ0n) is 23.4. The summed E-state index contributed by atoms with van der Waals surface area (Å²) in [5, 5.41) is 20.1. The lowest BCUT2D eigenvalue weighted by Crippen LogP contribution is -2.29. The van der Waals surface area contributed by atoms with Crippen molar-refractivity contribution in [3.63, 3.8) is 0 Å². The Hall–Kier alpha value is -4.87. The Labute approximate surface area is 260 Å². The molecule has 3 heterocycles. The number of hydrogen-bond donors (Lipinski definition) is 1. The SMILES string of the molecule is Cc1ccccc1COc1ccc(C(O)=C2C(=O)C(=O)N(c3nnc(SCc4ccc(F)cc4)s3)C2c2ccncc2)cc1. The van der Waals surface area contributed by atoms with Gasteiger partial charge in [-0.05, 0) is 77.7 Å². The van der Waals surface area contributed by atoms with Crippen LogP contribution in [-0.4, -0.2) is 32.0 Å². The zero-order chi connectivity index (χ0) is 30.6. The van der Waals surface area contributed by atoms with Crippen LogP contribution < -0.4 is 9.64 Å². The average Bonchev–Trinajstić information content (AvgIpc) is 3.62. The number of aliphatic hydroxyl groups excluding tert-OH is 1. The van der Waals surface area contributed by atoms with E-state index in [9.17, 15) is 19.1 Å². The van der Waals surface area contributed by atoms with Crippen LogP contribution in [0.1, 0.15) is 33.9 Å². The van der Waals surface area contributed by atoms with Gasteiger partial charge in [-0.2, -0.15) is 0 Å². The zero-order valence-corrected chi connectivity index (χ0v) is 25.0. The molecular formula is C33H25FN4O4S2. The van der Waals surface area contributed by atoms with Gasteiger partial charge in [0.1, 0.15) is 23.9 Å². The highest BCUT2D eigenvalue weighted by Crippen LogP contribution is 2.44. The molecule has 1 atom stereocenters. The molecule has 0 saturated carbocycles. The number of carbonyl (C=O) groups excluding carboxylic acids is 2. The Balaban J connectivity index is 1.28. The lowest BCUT2D eigenvalue weighted by Gasteiger charge is -2.22. The van der Waals surface area contributed by atoms with E-state index in [0.29, 0.717) is 33.6 Å². The van der Waals surface area contributed by atoms with Crippen molar-refractivity contribution in [3.8, 4) is 5.75 Å². The number of halogens is 1. The maximum absolute atomic E-state index is 13.5. The molecule has 220 valence electrons. The topological polar surface area (TPSA) is 106 Å². The molecule has 1 amide bonds. The van der Waals surface area contributed by atoms with E-state index >= 15 is 0 Å². The summed E-state index contributed by atoms with van der Waals surface area (Å²) in [4.78, 5) is 32.2. The van der Waals surface area contributed by atoms with Crippen LogP contribution in [0.5, 0.6) is 5.75 Å². The lowest BCUT2D eigenvalue weighted by atomic mass is 9.96. The van der Waals surface area contributed by atoms with Crippen LogP contribution in [0.4, 0.5) is 9.52 Å². The van der Waals surface area contributed by atoms with E-state index in [1.807, 2.05) is 31.2 Å². The first-order chi connectivity index (χ1) is 21.4. The number of ketones is 1. The quantitative estimate of drug-likeness (QED) is 0.0622. The Kier molecular flexibility index (Phi) is 8.49. The summed E-state index contributed by atoms with van der Waals surface area (Å²) in [5.74, 6) is -1.17. The molecule has 3 aromatic carbocycles. The second kappa shape index (κ2) is 12.8. The minimum absolute atomic E-state index is 0.0644. The van der Waals surface area contributed by atoms with E-state index in [1.165, 1.54) is 28.8 Å². The molecular weight excluding hydrogens is 600 g/mol. The van der Waals surface area contributed by atoms with Gasteiger partial charge in [-0.15, -0.1) is 10.2 Å². The summed E-state index contributed by atoms with van der Waals surface area (Å²) in [7, 11) is 0. The van der Waals surface area contributed by atoms with Gasteiger partial charge in [0.05, 0.1) is 11.6 Å². The van der Waals surface area contributed by atoms with Gasteiger partial charge in [-0.1, -0.05) is 59.5 Å². The second-order valence-electron chi connectivity index (χ2n) is 9.95. The normalized spacial score (nSPS) is 16.0. The molecule has 6 rings (SSSR count). The van der Waals surface area contributed by atoms with E-state index < -0.39 is 17.7 Å². The second-order valence-corrected chi connectivity index (χ2v) is 12.1. The molecule has 1 unspecified atom stereocenters. The van der Waals surface area contributed by atoms with Crippen LogP contribution in [0.3, 0.4) is 0 Å². The largest absolute Gasteiger partial charge is 0.507 e. The van der Waals surface area contributed by atoms with Crippen LogP contribution in [-0.2, 0) is 21.9 Å². The van der Waals surface area contributed by atoms with Crippen LogP contribution >= 0.6 is 23.1 Å². The molecule has 5 aromatic rings. The van der Waals surface area contributed by atoms with Gasteiger partial charge in [0, 0.05) is 23.7 Å². The lowest BCUT2D eigenvalue weighted by molar-refractivity contribution is -0.132. The summed E-state index contributed by atoms with van der Waals surface area (Å²) in [6, 6.07) is 23.2. The van der Waals surface area contributed by atoms with Crippen molar-refractivity contribution in [1.29, 1.82) is 0 Å². The third-order valence-corrected chi connectivity index (χ3v) is 9.25. The van der Waals surface area contributed by atoms with Gasteiger partial charge in [0.25, 0.3) is 5.78 Å². The fourth-order valence-electron chi connectivity index (χ4n) is 4.77. The number of aromatic nitrogens is 3. The molecule has 0 bridgehead atoms. The fourth-order valence-corrected chi connectivity index (χ4v) is 6.60. The first-order valence-electron chi connectivity index (χ1n) is 13.6. The molecule has 0 aliphatic carbocycles. The third-order valence-electron chi connectivity index (χ3n) is 7.13. The number of nitrogens with zero attached hydrogens (tertiary/aromatic N) is 4. The molecule has 8 nitrogen and oxygen atoms in total. The van der Waals surface area contributed by atoms with Crippen molar-refractivity contribution in [2.45, 2.75) is 29.7 Å². The molecule has 1 aliphatic heterocycles. The van der Waals surface area contributed by atoms with E-state index in [4.69, 9.17) is 4.74 Å². The van der Waals surface area contributed by atoms with Crippen molar-refractivity contribution >= 4 is 45.7 Å². The van der Waals surface area contributed by atoms with Gasteiger partial charge in [0.15, 0.2) is 4.34 Å². The van der Waals surface area contributed by atoms with Gasteiger partial charge in [-0.25, -0.2) is 4.39 Å². The minimum atomic E-state index is -0.946. The fraction of sp³-hybridized carbons (Fsp3) is 0.121. The maximum Gasteiger partial charge on any atom is 0.301 e. The summed E-state index contributed by atoms with van der Waals surface area (Å²) in [6.07, 6.45) is 3.11. The smallest absolute Gasteiger partial charge is 0.301 e. The number of carbonyl (C=O) groups is 2. The highest BCUT2D eigenvalue weighted by atomic mass is 32.2. The van der Waals surface area contributed by atoms with Crippen LogP contribution in [0, 0.1) is 12.7 Å². The third kappa shape index (κ3) is 6.10. The van der Waals surface area contributed by atoms with E-state index in [2.05, 4.69) is 15.2 Å². The first kappa shape index (κ1) is 29.2. The van der Waals surface area contributed by atoms with Crippen molar-refractivity contribution in [2.75, 3.05) is 4.90 Å². The van der Waals surface area contributed by atoms with E-state index in [-0.39, 0.29) is 22.3 Å². The number of rotatable bonds is 9. The Morgan fingerprint density at radius 3 is 2.43 bits per heavy atom. The Bertz CT molecular complexity index is 1840. The molecule has 1 saturated heterocycles. The van der Waals surface area contributed by atoms with E-state index in [0.717, 1.165) is 28.0 Å². The maximum atomic E-state index is 13.5. The number of Topliss-reactive ketones (excluding diaryl/α,β-unsaturated/α-hetero) is 1. The Morgan fingerprint density at radius 1 is 0.977 bits per heavy atom. The number of anilines is 1. The highest BCUT2D eigenvalue weighted by Gasteiger charge is 2.48. The first-order valence-corrected chi connectivity index (χ1v) is 15.4. The van der Waals surface area contributed by atoms with Crippen molar-refractivity contribution < 1.29 is 23.8 Å². The number of aryl methyl sites for hydroxylation is 1. The molecule has 1 aliphatic rings. The molecule has 1 N–H and O–H groups in total. The highest BCUT2D eigenvalue weighted by molar-refractivity contribution is 8.00. The van der Waals surface area contributed by atoms with Crippen molar-refractivity contribution in [3.05, 3.63) is 137 Å². The van der Waals surface area contributed by atoms with E-state index in [1.54, 1.807) is 60.9 Å². The molecule has 11 heteroatoms. The molecule has 0 spiro atoms. The molecule has 44 heavy (non-hydrogen) atoms. The van der Waals surface area contributed by atoms with Gasteiger partial charge in [0.2, 0.25) is 5.13 Å². The van der Waals surface area contributed by atoms with Crippen molar-refractivity contribution in [1.82, 2.24) is 15.2 Å². The summed E-state index contributed by atoms with van der Waals surface area (Å²) in [5.41, 5.74) is 3.96. The van der Waals surface area contributed by atoms with Gasteiger partial charge in [-0.3, -0.25) is 19.5 Å². The number of thioether (sulfide) groups is 1.